The van der Waals surface area contributed by atoms with Gasteiger partial charge in [0.1, 0.15) is 23.4 Å². The number of rotatable bonds is 7. The fourth-order valence-electron chi connectivity index (χ4n) is 2.61. The molecule has 1 atom stereocenters. The minimum Gasteiger partial charge on any atom is -0.497 e. The number of hydrogen-bond donors (Lipinski definition) is 1. The summed E-state index contributed by atoms with van der Waals surface area (Å²) in [6.07, 6.45) is 1.10. The van der Waals surface area contributed by atoms with Gasteiger partial charge in [-0.05, 0) is 30.7 Å². The number of methoxy groups -OCH3 is 1. The molecule has 2 aromatic rings. The van der Waals surface area contributed by atoms with E-state index in [1.54, 1.807) is 19.1 Å². The van der Waals surface area contributed by atoms with Gasteiger partial charge < -0.3 is 10.1 Å². The second-order valence-corrected chi connectivity index (χ2v) is 7.66. The van der Waals surface area contributed by atoms with Gasteiger partial charge in [0, 0.05) is 12.1 Å². The number of sulfonamides is 1. The maximum atomic E-state index is 13.8. The van der Waals surface area contributed by atoms with Gasteiger partial charge in [-0.2, -0.15) is 0 Å². The monoisotopic (exact) mass is 398 g/mol. The van der Waals surface area contributed by atoms with Crippen LogP contribution in [-0.2, 0) is 14.8 Å². The molecule has 0 aliphatic carbocycles. The van der Waals surface area contributed by atoms with Gasteiger partial charge in [-0.25, -0.2) is 17.2 Å². The molecule has 0 fully saturated rings. The van der Waals surface area contributed by atoms with Crippen molar-refractivity contribution in [2.24, 2.45) is 0 Å². The summed E-state index contributed by atoms with van der Waals surface area (Å²) in [5.41, 5.74) is -0.00243. The number of carbonyl (C=O) groups is 1. The molecule has 1 unspecified atom stereocenters. The van der Waals surface area contributed by atoms with E-state index in [1.165, 1.54) is 19.2 Å². The highest BCUT2D eigenvalue weighted by Gasteiger charge is 2.32. The SMILES string of the molecule is CCC(C(=O)Nc1ccc(F)cc1F)N(c1cccc(OC)c1)S(C)(=O)=O. The Balaban J connectivity index is 2.41. The number of carbonyl (C=O) groups excluding carboxylic acids is 1. The maximum absolute atomic E-state index is 13.8. The first kappa shape index (κ1) is 20.6. The van der Waals surface area contributed by atoms with Gasteiger partial charge in [-0.3, -0.25) is 9.10 Å². The molecule has 2 rings (SSSR count). The summed E-state index contributed by atoms with van der Waals surface area (Å²) in [6.45, 7) is 1.63. The summed E-state index contributed by atoms with van der Waals surface area (Å²) in [6, 6.07) is 7.80. The minimum absolute atomic E-state index is 0.124. The Morgan fingerprint density at radius 1 is 1.22 bits per heavy atom. The van der Waals surface area contributed by atoms with E-state index < -0.39 is 33.6 Å². The summed E-state index contributed by atoms with van der Waals surface area (Å²) >= 11 is 0. The molecule has 6 nitrogen and oxygen atoms in total. The molecule has 0 spiro atoms. The Morgan fingerprint density at radius 3 is 2.48 bits per heavy atom. The van der Waals surface area contributed by atoms with Crippen LogP contribution in [0.2, 0.25) is 0 Å². The molecule has 1 amide bonds. The molecule has 0 aliphatic rings. The maximum Gasteiger partial charge on any atom is 0.248 e. The third-order valence-electron chi connectivity index (χ3n) is 3.83. The number of halogens is 2. The lowest BCUT2D eigenvalue weighted by Gasteiger charge is -2.30. The summed E-state index contributed by atoms with van der Waals surface area (Å²) in [5, 5.41) is 2.32. The van der Waals surface area contributed by atoms with E-state index in [2.05, 4.69) is 5.32 Å². The van der Waals surface area contributed by atoms with E-state index in [4.69, 9.17) is 4.74 Å². The predicted molar refractivity (Wildman–Crippen MR) is 99.4 cm³/mol. The van der Waals surface area contributed by atoms with E-state index in [0.717, 1.165) is 22.7 Å². The van der Waals surface area contributed by atoms with Crippen LogP contribution in [0.25, 0.3) is 0 Å². The normalized spacial score (nSPS) is 12.3. The number of nitrogens with one attached hydrogen (secondary N) is 1. The molecule has 0 aromatic heterocycles. The second-order valence-electron chi connectivity index (χ2n) is 5.80. The summed E-state index contributed by atoms with van der Waals surface area (Å²) in [5.74, 6) is -2.06. The van der Waals surface area contributed by atoms with Crippen LogP contribution in [0.5, 0.6) is 5.75 Å². The van der Waals surface area contributed by atoms with Crippen LogP contribution in [0.1, 0.15) is 13.3 Å². The van der Waals surface area contributed by atoms with Crippen molar-refractivity contribution in [3.05, 3.63) is 54.1 Å². The zero-order valence-corrected chi connectivity index (χ0v) is 15.9. The number of ether oxygens (including phenoxy) is 1. The summed E-state index contributed by atoms with van der Waals surface area (Å²) < 4.78 is 57.7. The topological polar surface area (TPSA) is 75.7 Å². The Morgan fingerprint density at radius 2 is 1.93 bits per heavy atom. The van der Waals surface area contributed by atoms with Crippen LogP contribution in [-0.4, -0.2) is 33.7 Å². The molecule has 0 radical (unpaired) electrons. The zero-order chi connectivity index (χ0) is 20.2. The van der Waals surface area contributed by atoms with Gasteiger partial charge in [0.25, 0.3) is 0 Å². The summed E-state index contributed by atoms with van der Waals surface area (Å²) in [7, 11) is -2.41. The largest absolute Gasteiger partial charge is 0.497 e. The van der Waals surface area contributed by atoms with E-state index in [1.807, 2.05) is 0 Å². The number of nitrogens with zero attached hydrogens (tertiary/aromatic N) is 1. The molecule has 9 heteroatoms. The lowest BCUT2D eigenvalue weighted by molar-refractivity contribution is -0.117. The van der Waals surface area contributed by atoms with Crippen molar-refractivity contribution < 1.29 is 26.7 Å². The Labute approximate surface area is 156 Å². The van der Waals surface area contributed by atoms with Gasteiger partial charge in [-0.1, -0.05) is 13.0 Å². The molecule has 1 N–H and O–H groups in total. The van der Waals surface area contributed by atoms with Crippen molar-refractivity contribution in [2.45, 2.75) is 19.4 Å². The fraction of sp³-hybridized carbons (Fsp3) is 0.278. The first-order valence-corrected chi connectivity index (χ1v) is 9.91. The van der Waals surface area contributed by atoms with E-state index in [0.29, 0.717) is 11.8 Å². The molecule has 0 saturated carbocycles. The van der Waals surface area contributed by atoms with E-state index in [9.17, 15) is 22.0 Å². The van der Waals surface area contributed by atoms with Gasteiger partial charge >= 0.3 is 0 Å². The first-order valence-electron chi connectivity index (χ1n) is 8.06. The van der Waals surface area contributed by atoms with Crippen LogP contribution in [0.15, 0.2) is 42.5 Å². The molecule has 0 aliphatic heterocycles. The second kappa shape index (κ2) is 8.34. The molecule has 0 bridgehead atoms. The van der Waals surface area contributed by atoms with Gasteiger partial charge in [-0.15, -0.1) is 0 Å². The van der Waals surface area contributed by atoms with Crippen molar-refractivity contribution in [2.75, 3.05) is 23.0 Å². The Kier molecular flexibility index (Phi) is 6.37. The fourth-order valence-corrected chi connectivity index (χ4v) is 3.82. The smallest absolute Gasteiger partial charge is 0.248 e. The van der Waals surface area contributed by atoms with Gasteiger partial charge in [0.05, 0.1) is 24.7 Å². The molecular weight excluding hydrogens is 378 g/mol. The average Bonchev–Trinajstić information content (AvgIpc) is 2.60. The third kappa shape index (κ3) is 4.94. The number of anilines is 2. The molecule has 0 heterocycles. The number of benzene rings is 2. The van der Waals surface area contributed by atoms with Gasteiger partial charge in [0.15, 0.2) is 0 Å². The lowest BCUT2D eigenvalue weighted by atomic mass is 10.1. The zero-order valence-electron chi connectivity index (χ0n) is 15.1. The van der Waals surface area contributed by atoms with Crippen LogP contribution in [0, 0.1) is 11.6 Å². The number of amides is 1. The lowest BCUT2D eigenvalue weighted by Crippen LogP contribution is -2.47. The molecule has 146 valence electrons. The third-order valence-corrected chi connectivity index (χ3v) is 5.01. The van der Waals surface area contributed by atoms with Crippen LogP contribution in [0.3, 0.4) is 0 Å². The number of hydrogen-bond acceptors (Lipinski definition) is 4. The van der Waals surface area contributed by atoms with Crippen LogP contribution >= 0.6 is 0 Å². The van der Waals surface area contributed by atoms with Crippen molar-refractivity contribution >= 4 is 27.3 Å². The molecular formula is C18H20F2N2O4S. The van der Waals surface area contributed by atoms with E-state index in [-0.39, 0.29) is 17.8 Å². The van der Waals surface area contributed by atoms with E-state index >= 15 is 0 Å². The Hall–Kier alpha value is -2.68. The van der Waals surface area contributed by atoms with Crippen molar-refractivity contribution in [3.63, 3.8) is 0 Å². The van der Waals surface area contributed by atoms with Crippen molar-refractivity contribution in [3.8, 4) is 5.75 Å². The Bertz CT molecular complexity index is 935. The van der Waals surface area contributed by atoms with Crippen LogP contribution in [0.4, 0.5) is 20.2 Å². The molecule has 27 heavy (non-hydrogen) atoms. The standard InChI is InChI=1S/C18H20F2N2O4S/c1-4-17(18(23)21-16-9-8-12(19)10-15(16)20)22(27(3,24)25)13-6-5-7-14(11-13)26-2/h5-11,17H,4H2,1-3H3,(H,21,23). The summed E-state index contributed by atoms with van der Waals surface area (Å²) in [4.78, 5) is 12.7. The van der Waals surface area contributed by atoms with Crippen LogP contribution < -0.4 is 14.4 Å². The van der Waals surface area contributed by atoms with Gasteiger partial charge in [0.2, 0.25) is 15.9 Å². The van der Waals surface area contributed by atoms with Crippen molar-refractivity contribution in [1.29, 1.82) is 0 Å². The van der Waals surface area contributed by atoms with Crippen molar-refractivity contribution in [1.82, 2.24) is 0 Å². The highest BCUT2D eigenvalue weighted by Crippen LogP contribution is 2.27. The minimum atomic E-state index is -3.85. The predicted octanol–water partition coefficient (Wildman–Crippen LogP) is 3.16. The highest BCUT2D eigenvalue weighted by atomic mass is 32.2. The molecule has 2 aromatic carbocycles. The first-order chi connectivity index (χ1) is 12.7. The highest BCUT2D eigenvalue weighted by molar-refractivity contribution is 7.92. The average molecular weight is 398 g/mol. The quantitative estimate of drug-likeness (QED) is 0.777. The molecule has 0 saturated heterocycles.